The summed E-state index contributed by atoms with van der Waals surface area (Å²) < 4.78 is 30.5. The molecule has 1 heterocycles. The van der Waals surface area contributed by atoms with E-state index >= 15 is 0 Å². The fourth-order valence-electron chi connectivity index (χ4n) is 2.91. The highest BCUT2D eigenvalue weighted by Gasteiger charge is 2.32. The number of nitrogens with zero attached hydrogens (tertiary/aromatic N) is 2. The van der Waals surface area contributed by atoms with Crippen LogP contribution in [-0.4, -0.2) is 74.2 Å². The van der Waals surface area contributed by atoms with Crippen molar-refractivity contribution in [1.29, 1.82) is 0 Å². The number of nitrogens with one attached hydrogen (secondary N) is 1. The number of rotatable bonds is 7. The first-order valence-corrected chi connectivity index (χ1v) is 10.3. The average Bonchev–Trinajstić information content (AvgIpc) is 3.31. The predicted octanol–water partition coefficient (Wildman–Crippen LogP) is 0.538. The first-order valence-electron chi connectivity index (χ1n) is 8.49. The lowest BCUT2D eigenvalue weighted by Crippen LogP contribution is -2.49. The molecule has 0 aromatic rings. The Morgan fingerprint density at radius 2 is 1.83 bits per heavy atom. The lowest BCUT2D eigenvalue weighted by atomic mass is 10.1. The van der Waals surface area contributed by atoms with Gasteiger partial charge in [-0.05, 0) is 32.6 Å². The third-order valence-corrected chi connectivity index (χ3v) is 5.66. The average molecular weight is 361 g/mol. The first kappa shape index (κ1) is 19.0. The zero-order valence-corrected chi connectivity index (χ0v) is 15.2. The van der Waals surface area contributed by atoms with Crippen LogP contribution < -0.4 is 5.32 Å². The molecule has 0 radical (unpaired) electrons. The summed E-state index contributed by atoms with van der Waals surface area (Å²) in [4.78, 5) is 25.1. The molecule has 0 aromatic carbocycles. The van der Waals surface area contributed by atoms with E-state index < -0.39 is 10.0 Å². The molecule has 1 saturated carbocycles. The smallest absolute Gasteiger partial charge is 0.409 e. The van der Waals surface area contributed by atoms with Crippen molar-refractivity contribution in [3.63, 3.8) is 0 Å². The van der Waals surface area contributed by atoms with Crippen molar-refractivity contribution in [2.75, 3.05) is 32.5 Å². The van der Waals surface area contributed by atoms with E-state index in [-0.39, 0.29) is 37.0 Å². The molecule has 8 nitrogen and oxygen atoms in total. The zero-order valence-electron chi connectivity index (χ0n) is 14.4. The Hall–Kier alpha value is -1.35. The highest BCUT2D eigenvalue weighted by atomic mass is 32.2. The van der Waals surface area contributed by atoms with Crippen LogP contribution in [0.5, 0.6) is 0 Å². The van der Waals surface area contributed by atoms with Gasteiger partial charge in [0.1, 0.15) is 0 Å². The molecule has 24 heavy (non-hydrogen) atoms. The van der Waals surface area contributed by atoms with Gasteiger partial charge in [-0.2, -0.15) is 4.31 Å². The van der Waals surface area contributed by atoms with Crippen molar-refractivity contribution >= 4 is 22.0 Å². The van der Waals surface area contributed by atoms with Gasteiger partial charge in [0, 0.05) is 38.1 Å². The summed E-state index contributed by atoms with van der Waals surface area (Å²) in [6.45, 7) is 3.18. The van der Waals surface area contributed by atoms with Gasteiger partial charge >= 0.3 is 6.09 Å². The van der Waals surface area contributed by atoms with Crippen molar-refractivity contribution in [2.24, 2.45) is 0 Å². The number of sulfonamides is 1. The zero-order chi connectivity index (χ0) is 17.7. The molecule has 9 heteroatoms. The Bertz CT molecular complexity index is 553. The summed E-state index contributed by atoms with van der Waals surface area (Å²) in [5.41, 5.74) is 0. The normalized spacial score (nSPS) is 19.4. The largest absolute Gasteiger partial charge is 0.450 e. The van der Waals surface area contributed by atoms with E-state index in [1.807, 2.05) is 0 Å². The van der Waals surface area contributed by atoms with Gasteiger partial charge in [-0.1, -0.05) is 0 Å². The summed E-state index contributed by atoms with van der Waals surface area (Å²) in [5, 5.41) is 2.87. The van der Waals surface area contributed by atoms with Crippen LogP contribution in [0.2, 0.25) is 0 Å². The Labute approximate surface area is 143 Å². The molecular weight excluding hydrogens is 334 g/mol. The molecule has 0 unspecified atom stereocenters. The van der Waals surface area contributed by atoms with Crippen LogP contribution in [0, 0.1) is 0 Å². The number of carbonyl (C=O) groups excluding carboxylic acids is 2. The SMILES string of the molecule is CCOC(=O)N1CCC(N(CCC(=O)NC2CC2)S(C)(=O)=O)CC1. The molecular formula is C15H27N3O5S. The maximum absolute atomic E-state index is 12.1. The molecule has 0 atom stereocenters. The minimum absolute atomic E-state index is 0.102. The van der Waals surface area contributed by atoms with Crippen LogP contribution >= 0.6 is 0 Å². The van der Waals surface area contributed by atoms with Gasteiger partial charge in [0.05, 0.1) is 12.9 Å². The molecule has 138 valence electrons. The molecule has 1 N–H and O–H groups in total. The Balaban J connectivity index is 1.87. The summed E-state index contributed by atoms with van der Waals surface area (Å²) in [6, 6.07) is 0.0939. The van der Waals surface area contributed by atoms with Crippen molar-refractivity contribution in [3.05, 3.63) is 0 Å². The van der Waals surface area contributed by atoms with E-state index in [9.17, 15) is 18.0 Å². The molecule has 1 aliphatic heterocycles. The molecule has 0 bridgehead atoms. The standard InChI is InChI=1S/C15H27N3O5S/c1-3-23-15(20)17-9-6-13(7-10-17)18(24(2,21)22)11-8-14(19)16-12-4-5-12/h12-13H,3-11H2,1-2H3,(H,16,19). The van der Waals surface area contributed by atoms with E-state index in [1.54, 1.807) is 11.8 Å². The fraction of sp³-hybridized carbons (Fsp3) is 0.867. The number of carbonyl (C=O) groups is 2. The Morgan fingerprint density at radius 1 is 1.21 bits per heavy atom. The second kappa shape index (κ2) is 8.15. The number of hydrogen-bond acceptors (Lipinski definition) is 5. The minimum Gasteiger partial charge on any atom is -0.450 e. The Kier molecular flexibility index (Phi) is 6.45. The van der Waals surface area contributed by atoms with Crippen LogP contribution in [0.15, 0.2) is 0 Å². The topological polar surface area (TPSA) is 96.0 Å². The van der Waals surface area contributed by atoms with Crippen molar-refractivity contribution < 1.29 is 22.7 Å². The number of ether oxygens (including phenoxy) is 1. The fourth-order valence-corrected chi connectivity index (χ4v) is 4.08. The molecule has 2 fully saturated rings. The van der Waals surface area contributed by atoms with E-state index in [4.69, 9.17) is 4.74 Å². The van der Waals surface area contributed by atoms with E-state index in [1.165, 1.54) is 10.6 Å². The lowest BCUT2D eigenvalue weighted by Gasteiger charge is -2.36. The number of piperidine rings is 1. The molecule has 0 aromatic heterocycles. The van der Waals surface area contributed by atoms with Gasteiger partial charge in [0.15, 0.2) is 0 Å². The quantitative estimate of drug-likeness (QED) is 0.714. The highest BCUT2D eigenvalue weighted by molar-refractivity contribution is 7.88. The summed E-state index contributed by atoms with van der Waals surface area (Å²) in [7, 11) is -3.40. The van der Waals surface area contributed by atoms with Crippen LogP contribution in [0.1, 0.15) is 39.0 Å². The molecule has 0 spiro atoms. The second-order valence-electron chi connectivity index (χ2n) is 6.38. The van der Waals surface area contributed by atoms with E-state index in [0.717, 1.165) is 12.8 Å². The minimum atomic E-state index is -3.40. The molecule has 2 amide bonds. The van der Waals surface area contributed by atoms with Gasteiger partial charge < -0.3 is 15.0 Å². The van der Waals surface area contributed by atoms with Gasteiger partial charge in [-0.15, -0.1) is 0 Å². The van der Waals surface area contributed by atoms with Gasteiger partial charge in [0.2, 0.25) is 15.9 Å². The maximum atomic E-state index is 12.1. The molecule has 2 rings (SSSR count). The molecule has 1 saturated heterocycles. The van der Waals surface area contributed by atoms with Crippen molar-refractivity contribution in [3.8, 4) is 0 Å². The predicted molar refractivity (Wildman–Crippen MR) is 88.9 cm³/mol. The first-order chi connectivity index (χ1) is 11.3. The second-order valence-corrected chi connectivity index (χ2v) is 8.32. The van der Waals surface area contributed by atoms with Gasteiger partial charge in [-0.25, -0.2) is 13.2 Å². The maximum Gasteiger partial charge on any atom is 0.409 e. The number of amides is 2. The van der Waals surface area contributed by atoms with E-state index in [2.05, 4.69) is 5.32 Å². The monoisotopic (exact) mass is 361 g/mol. The van der Waals surface area contributed by atoms with E-state index in [0.29, 0.717) is 32.5 Å². The summed E-state index contributed by atoms with van der Waals surface area (Å²) in [6.07, 6.45) is 4.10. The number of likely N-dealkylation sites (tertiary alicyclic amines) is 1. The van der Waals surface area contributed by atoms with Crippen LogP contribution in [0.3, 0.4) is 0 Å². The van der Waals surface area contributed by atoms with Crippen LogP contribution in [0.4, 0.5) is 4.79 Å². The van der Waals surface area contributed by atoms with Gasteiger partial charge in [0.25, 0.3) is 0 Å². The highest BCUT2D eigenvalue weighted by Crippen LogP contribution is 2.21. The van der Waals surface area contributed by atoms with Crippen LogP contribution in [-0.2, 0) is 19.6 Å². The number of hydrogen-bond donors (Lipinski definition) is 1. The van der Waals surface area contributed by atoms with Crippen molar-refractivity contribution in [1.82, 2.24) is 14.5 Å². The lowest BCUT2D eigenvalue weighted by molar-refractivity contribution is -0.121. The molecule has 2 aliphatic rings. The summed E-state index contributed by atoms with van der Waals surface area (Å²) >= 11 is 0. The van der Waals surface area contributed by atoms with Crippen molar-refractivity contribution in [2.45, 2.75) is 51.1 Å². The molecule has 1 aliphatic carbocycles. The van der Waals surface area contributed by atoms with Gasteiger partial charge in [-0.3, -0.25) is 4.79 Å². The third kappa shape index (κ3) is 5.62. The third-order valence-electron chi connectivity index (χ3n) is 4.33. The Morgan fingerprint density at radius 3 is 2.33 bits per heavy atom. The van der Waals surface area contributed by atoms with Crippen LogP contribution in [0.25, 0.3) is 0 Å². The summed E-state index contributed by atoms with van der Waals surface area (Å²) in [5.74, 6) is -0.102.